The molecule has 1 aliphatic rings. The predicted octanol–water partition coefficient (Wildman–Crippen LogP) is 14.9. The number of hydrogen-bond donors (Lipinski definition) is 0. The highest BCUT2D eigenvalue weighted by molar-refractivity contribution is 5.73. The zero-order valence-corrected chi connectivity index (χ0v) is 30.2. The van der Waals surface area contributed by atoms with Gasteiger partial charge in [0.1, 0.15) is 5.83 Å². The van der Waals surface area contributed by atoms with Crippen LogP contribution in [0, 0.1) is 25.7 Å². The third-order valence-corrected chi connectivity index (χ3v) is 5.41. The molecule has 0 bridgehead atoms. The van der Waals surface area contributed by atoms with Crippen LogP contribution in [0.4, 0.5) is 4.39 Å². The Morgan fingerprint density at radius 3 is 1.56 bits per heavy atom. The number of rotatable bonds is 4. The average molecular weight is 551 g/mol. The van der Waals surface area contributed by atoms with Crippen LogP contribution in [0.5, 0.6) is 0 Å². The van der Waals surface area contributed by atoms with E-state index in [4.69, 9.17) is 0 Å². The molecule has 0 N–H and O–H groups in total. The van der Waals surface area contributed by atoms with Crippen molar-refractivity contribution in [1.29, 1.82) is 0 Å². The first kappa shape index (κ1) is 50.2. The van der Waals surface area contributed by atoms with Crippen LogP contribution in [0.1, 0.15) is 165 Å². The van der Waals surface area contributed by atoms with E-state index in [1.165, 1.54) is 68.2 Å². The molecule has 0 saturated heterocycles. The molecule has 1 aliphatic carbocycles. The predicted molar refractivity (Wildman–Crippen MR) is 188 cm³/mol. The normalized spacial score (nSPS) is 15.0. The summed E-state index contributed by atoms with van der Waals surface area (Å²) in [6, 6.07) is 6.12. The van der Waals surface area contributed by atoms with E-state index in [1.807, 2.05) is 61.5 Å². The summed E-state index contributed by atoms with van der Waals surface area (Å²) in [5.41, 5.74) is 4.32. The van der Waals surface area contributed by atoms with E-state index in [9.17, 15) is 4.39 Å². The second-order valence-corrected chi connectivity index (χ2v) is 8.68. The summed E-state index contributed by atoms with van der Waals surface area (Å²) in [6.07, 6.45) is 14.4. The summed E-state index contributed by atoms with van der Waals surface area (Å²) >= 11 is 0. The molecule has 0 aromatic heterocycles. The largest absolute Gasteiger partial charge is 0.207 e. The molecule has 1 unspecified atom stereocenters. The van der Waals surface area contributed by atoms with Gasteiger partial charge in [0.2, 0.25) is 0 Å². The lowest BCUT2D eigenvalue weighted by molar-refractivity contribution is 0.249. The van der Waals surface area contributed by atoms with Gasteiger partial charge in [-0.25, -0.2) is 4.39 Å². The van der Waals surface area contributed by atoms with Gasteiger partial charge in [-0.15, -0.1) is 0 Å². The molecule has 0 heterocycles. The minimum Gasteiger partial charge on any atom is -0.207 e. The van der Waals surface area contributed by atoms with E-state index in [2.05, 4.69) is 74.1 Å². The van der Waals surface area contributed by atoms with Gasteiger partial charge in [0.25, 0.3) is 0 Å². The molecule has 1 aromatic rings. The molecular formula is C38H75F. The SMILES string of the molecule is C=C(/C=C\C(F)=C/C)c1ccc(C)c(C)c1.CC.CC.CC.CC.CCC.CCC.CCC1CCCC[C@@H]1C. The zero-order valence-electron chi connectivity index (χ0n) is 30.2. The van der Waals surface area contributed by atoms with Gasteiger partial charge in [-0.2, -0.15) is 0 Å². The van der Waals surface area contributed by atoms with Gasteiger partial charge in [0.05, 0.1) is 0 Å². The maximum atomic E-state index is 12.9. The minimum absolute atomic E-state index is 0.245. The molecule has 1 fully saturated rings. The van der Waals surface area contributed by atoms with Crippen LogP contribution >= 0.6 is 0 Å². The molecule has 234 valence electrons. The van der Waals surface area contributed by atoms with Gasteiger partial charge in [0.15, 0.2) is 0 Å². The van der Waals surface area contributed by atoms with E-state index in [1.54, 1.807) is 13.0 Å². The van der Waals surface area contributed by atoms with Crippen molar-refractivity contribution in [1.82, 2.24) is 0 Å². The molecule has 1 heteroatoms. The van der Waals surface area contributed by atoms with Crippen molar-refractivity contribution in [3.8, 4) is 0 Å². The topological polar surface area (TPSA) is 0 Å². The fraction of sp³-hybridized carbons (Fsp3) is 0.684. The van der Waals surface area contributed by atoms with Crippen LogP contribution in [0.15, 0.2) is 48.8 Å². The standard InChI is InChI=1S/C15H17F.C9H18.2C3H8.4C2H6/c1-5-15(16)9-7-12(3)14-8-6-11(2)13(4)10-14;1-3-9-7-5-4-6-8(9)2;2*1-3-2;4*1-2/h5-10H,3H2,1-2,4H3;8-9H,3-7H2,1-2H3;2*3H2,1-2H3;4*1-2H3/b9-7-,15-5+;;;;;;;/t;8-,9?;;;;;;/m.0....../s1. The summed E-state index contributed by atoms with van der Waals surface area (Å²) in [7, 11) is 0. The average Bonchev–Trinajstić information content (AvgIpc) is 2.98. The summed E-state index contributed by atoms with van der Waals surface area (Å²) in [6.45, 7) is 38.9. The van der Waals surface area contributed by atoms with Crippen LogP contribution in [0.25, 0.3) is 5.57 Å². The first-order chi connectivity index (χ1) is 18.7. The van der Waals surface area contributed by atoms with Crippen molar-refractivity contribution in [2.45, 2.75) is 163 Å². The van der Waals surface area contributed by atoms with Crippen molar-refractivity contribution in [3.05, 3.63) is 65.5 Å². The first-order valence-electron chi connectivity index (χ1n) is 16.5. The van der Waals surface area contributed by atoms with Crippen LogP contribution in [-0.2, 0) is 0 Å². The zero-order chi connectivity index (χ0) is 32.2. The lowest BCUT2D eigenvalue weighted by atomic mass is 9.79. The van der Waals surface area contributed by atoms with Crippen LogP contribution in [-0.4, -0.2) is 0 Å². The molecular weight excluding hydrogens is 475 g/mol. The molecule has 39 heavy (non-hydrogen) atoms. The van der Waals surface area contributed by atoms with Gasteiger partial charge in [-0.1, -0.05) is 179 Å². The van der Waals surface area contributed by atoms with Gasteiger partial charge in [-0.3, -0.25) is 0 Å². The third kappa shape index (κ3) is 34.3. The summed E-state index contributed by atoms with van der Waals surface area (Å²) in [5.74, 6) is 1.83. The number of halogens is 1. The van der Waals surface area contributed by atoms with Crippen molar-refractivity contribution in [3.63, 3.8) is 0 Å². The quantitative estimate of drug-likeness (QED) is 0.327. The van der Waals surface area contributed by atoms with E-state index >= 15 is 0 Å². The lowest BCUT2D eigenvalue weighted by Crippen LogP contribution is -2.15. The lowest BCUT2D eigenvalue weighted by Gasteiger charge is -2.27. The molecule has 0 nitrogen and oxygen atoms in total. The number of allylic oxidation sites excluding steroid dienone is 5. The summed E-state index contributed by atoms with van der Waals surface area (Å²) < 4.78 is 12.9. The molecule has 0 aliphatic heterocycles. The molecule has 0 spiro atoms. The van der Waals surface area contributed by atoms with E-state index in [0.717, 1.165) is 23.0 Å². The number of aryl methyl sites for hydroxylation is 2. The fourth-order valence-corrected chi connectivity index (χ4v) is 3.31. The third-order valence-electron chi connectivity index (χ3n) is 5.41. The van der Waals surface area contributed by atoms with Gasteiger partial charge in [-0.05, 0) is 60.9 Å². The molecule has 0 radical (unpaired) electrons. The van der Waals surface area contributed by atoms with Crippen LogP contribution in [0.2, 0.25) is 0 Å². The van der Waals surface area contributed by atoms with Crippen LogP contribution in [0.3, 0.4) is 0 Å². The second-order valence-electron chi connectivity index (χ2n) is 8.68. The highest BCUT2D eigenvalue weighted by Gasteiger charge is 2.18. The minimum atomic E-state index is -0.245. The van der Waals surface area contributed by atoms with E-state index in [0.29, 0.717) is 0 Å². The number of hydrogen-bond acceptors (Lipinski definition) is 0. The van der Waals surface area contributed by atoms with Crippen molar-refractivity contribution < 1.29 is 4.39 Å². The highest BCUT2D eigenvalue weighted by Crippen LogP contribution is 2.31. The Hall–Kier alpha value is -1.63. The first-order valence-corrected chi connectivity index (χ1v) is 16.5. The smallest absolute Gasteiger partial charge is 0.118 e. The van der Waals surface area contributed by atoms with Crippen LogP contribution < -0.4 is 0 Å². The summed E-state index contributed by atoms with van der Waals surface area (Å²) in [4.78, 5) is 0. The summed E-state index contributed by atoms with van der Waals surface area (Å²) in [5, 5.41) is 0. The Morgan fingerprint density at radius 2 is 1.23 bits per heavy atom. The Bertz CT molecular complexity index is 634. The van der Waals surface area contributed by atoms with Gasteiger partial charge in [0, 0.05) is 0 Å². The highest BCUT2D eigenvalue weighted by atomic mass is 19.1. The van der Waals surface area contributed by atoms with Crippen molar-refractivity contribution in [2.24, 2.45) is 11.8 Å². The van der Waals surface area contributed by atoms with Crippen molar-refractivity contribution in [2.75, 3.05) is 0 Å². The molecule has 1 aromatic carbocycles. The van der Waals surface area contributed by atoms with E-state index in [-0.39, 0.29) is 5.83 Å². The van der Waals surface area contributed by atoms with Gasteiger partial charge >= 0.3 is 0 Å². The maximum absolute atomic E-state index is 12.9. The van der Waals surface area contributed by atoms with E-state index < -0.39 is 0 Å². The van der Waals surface area contributed by atoms with Crippen molar-refractivity contribution >= 4 is 5.57 Å². The Morgan fingerprint density at radius 1 is 0.795 bits per heavy atom. The number of benzene rings is 1. The fourth-order valence-electron chi connectivity index (χ4n) is 3.31. The molecule has 2 atom stereocenters. The maximum Gasteiger partial charge on any atom is 0.118 e. The molecule has 0 amide bonds. The molecule has 2 rings (SSSR count). The second kappa shape index (κ2) is 43.4. The van der Waals surface area contributed by atoms with Gasteiger partial charge < -0.3 is 0 Å². The Kier molecular flexibility index (Phi) is 55.9. The Labute approximate surface area is 249 Å². The molecule has 1 saturated carbocycles. The Balaban J connectivity index is -0.000000100. The monoisotopic (exact) mass is 551 g/mol.